The van der Waals surface area contributed by atoms with Gasteiger partial charge in [0.1, 0.15) is 11.5 Å². The standard InChI is InChI=1S/C16H11N5O5/c22-20(23)12-4-1-3-11(9-12)15-7-6-13(26-15)10-18-19-16-14(21(24)25)5-2-8-17-16/h1-10H,(H,17,19). The quantitative estimate of drug-likeness (QED) is 0.406. The maximum absolute atomic E-state index is 10.9. The van der Waals surface area contributed by atoms with Gasteiger partial charge in [-0.15, -0.1) is 0 Å². The molecule has 26 heavy (non-hydrogen) atoms. The molecule has 0 aliphatic carbocycles. The van der Waals surface area contributed by atoms with Gasteiger partial charge in [-0.2, -0.15) is 5.10 Å². The van der Waals surface area contributed by atoms with Crippen LogP contribution in [0.3, 0.4) is 0 Å². The summed E-state index contributed by atoms with van der Waals surface area (Å²) in [5.41, 5.74) is 2.78. The van der Waals surface area contributed by atoms with Gasteiger partial charge < -0.3 is 4.42 Å². The maximum atomic E-state index is 10.9. The molecule has 2 heterocycles. The molecule has 3 aromatic rings. The van der Waals surface area contributed by atoms with Crippen molar-refractivity contribution in [3.63, 3.8) is 0 Å². The molecule has 0 atom stereocenters. The Morgan fingerprint density at radius 1 is 1.08 bits per heavy atom. The number of hydrazone groups is 1. The zero-order chi connectivity index (χ0) is 18.5. The Morgan fingerprint density at radius 2 is 1.92 bits per heavy atom. The van der Waals surface area contributed by atoms with E-state index >= 15 is 0 Å². The topological polar surface area (TPSA) is 137 Å². The average molecular weight is 353 g/mol. The molecular formula is C16H11N5O5. The van der Waals surface area contributed by atoms with Crippen molar-refractivity contribution in [1.29, 1.82) is 0 Å². The van der Waals surface area contributed by atoms with Crippen LogP contribution in [-0.2, 0) is 0 Å². The third-order valence-electron chi connectivity index (χ3n) is 3.31. The molecule has 0 saturated carbocycles. The molecular weight excluding hydrogens is 342 g/mol. The molecule has 0 amide bonds. The van der Waals surface area contributed by atoms with Crippen molar-refractivity contribution in [2.45, 2.75) is 0 Å². The summed E-state index contributed by atoms with van der Waals surface area (Å²) < 4.78 is 5.55. The summed E-state index contributed by atoms with van der Waals surface area (Å²) in [4.78, 5) is 24.5. The van der Waals surface area contributed by atoms with Crippen molar-refractivity contribution in [3.05, 3.63) is 80.7 Å². The highest BCUT2D eigenvalue weighted by atomic mass is 16.6. The average Bonchev–Trinajstić information content (AvgIpc) is 3.11. The van der Waals surface area contributed by atoms with E-state index in [1.54, 1.807) is 24.3 Å². The van der Waals surface area contributed by atoms with Crippen LogP contribution < -0.4 is 5.43 Å². The summed E-state index contributed by atoms with van der Waals surface area (Å²) in [6.07, 6.45) is 2.72. The van der Waals surface area contributed by atoms with Crippen molar-refractivity contribution in [3.8, 4) is 11.3 Å². The smallest absolute Gasteiger partial charge is 0.313 e. The molecule has 1 aromatic carbocycles. The van der Waals surface area contributed by atoms with Crippen LogP contribution in [0.25, 0.3) is 11.3 Å². The first-order chi connectivity index (χ1) is 12.5. The number of nitro benzene ring substituents is 1. The van der Waals surface area contributed by atoms with Gasteiger partial charge in [-0.25, -0.2) is 4.98 Å². The van der Waals surface area contributed by atoms with Gasteiger partial charge in [-0.1, -0.05) is 12.1 Å². The number of nitrogens with zero attached hydrogens (tertiary/aromatic N) is 4. The number of furan rings is 1. The lowest BCUT2D eigenvalue weighted by Gasteiger charge is -1.99. The third-order valence-corrected chi connectivity index (χ3v) is 3.31. The van der Waals surface area contributed by atoms with Gasteiger partial charge >= 0.3 is 5.69 Å². The summed E-state index contributed by atoms with van der Waals surface area (Å²) in [7, 11) is 0. The highest BCUT2D eigenvalue weighted by molar-refractivity contribution is 5.78. The fourth-order valence-corrected chi connectivity index (χ4v) is 2.14. The van der Waals surface area contributed by atoms with E-state index in [0.29, 0.717) is 17.1 Å². The van der Waals surface area contributed by atoms with Crippen LogP contribution in [0.5, 0.6) is 0 Å². The minimum absolute atomic E-state index is 0.000728. The number of nitro groups is 2. The number of hydrogen-bond acceptors (Lipinski definition) is 8. The second kappa shape index (κ2) is 7.21. The fraction of sp³-hybridized carbons (Fsp3) is 0. The molecule has 2 aromatic heterocycles. The molecule has 0 unspecified atom stereocenters. The van der Waals surface area contributed by atoms with Gasteiger partial charge in [0.05, 0.1) is 16.1 Å². The summed E-state index contributed by atoms with van der Waals surface area (Å²) in [5.74, 6) is 0.788. The lowest BCUT2D eigenvalue weighted by Crippen LogP contribution is -1.98. The van der Waals surface area contributed by atoms with E-state index in [1.165, 1.54) is 36.7 Å². The molecule has 0 fully saturated rings. The molecule has 0 radical (unpaired) electrons. The third kappa shape index (κ3) is 3.70. The second-order valence-electron chi connectivity index (χ2n) is 5.01. The van der Waals surface area contributed by atoms with Crippen LogP contribution in [0.1, 0.15) is 5.76 Å². The normalized spacial score (nSPS) is 10.8. The number of hydrogen-bond donors (Lipinski definition) is 1. The van der Waals surface area contributed by atoms with E-state index in [4.69, 9.17) is 4.42 Å². The van der Waals surface area contributed by atoms with E-state index in [-0.39, 0.29) is 17.2 Å². The van der Waals surface area contributed by atoms with Gasteiger partial charge in [-0.3, -0.25) is 25.7 Å². The Labute approximate surface area is 146 Å². The molecule has 10 heteroatoms. The van der Waals surface area contributed by atoms with Crippen molar-refractivity contribution >= 4 is 23.4 Å². The zero-order valence-electron chi connectivity index (χ0n) is 13.1. The van der Waals surface area contributed by atoms with Crippen molar-refractivity contribution in [2.75, 3.05) is 5.43 Å². The van der Waals surface area contributed by atoms with E-state index < -0.39 is 9.85 Å². The molecule has 0 aliphatic heterocycles. The van der Waals surface area contributed by atoms with Crippen molar-refractivity contribution < 1.29 is 14.3 Å². The number of rotatable bonds is 6. The van der Waals surface area contributed by atoms with Crippen LogP contribution in [-0.4, -0.2) is 21.0 Å². The molecule has 1 N–H and O–H groups in total. The van der Waals surface area contributed by atoms with Gasteiger partial charge in [-0.05, 0) is 18.2 Å². The molecule has 0 aliphatic rings. The lowest BCUT2D eigenvalue weighted by atomic mass is 10.1. The molecule has 10 nitrogen and oxygen atoms in total. The Hall–Kier alpha value is -4.08. The van der Waals surface area contributed by atoms with Crippen LogP contribution in [0, 0.1) is 20.2 Å². The van der Waals surface area contributed by atoms with E-state index in [2.05, 4.69) is 15.5 Å². The van der Waals surface area contributed by atoms with Crippen LogP contribution in [0.15, 0.2) is 64.2 Å². The number of aromatic nitrogens is 1. The first kappa shape index (κ1) is 16.8. The molecule has 130 valence electrons. The molecule has 0 bridgehead atoms. The van der Waals surface area contributed by atoms with Crippen molar-refractivity contribution in [1.82, 2.24) is 4.98 Å². The summed E-state index contributed by atoms with van der Waals surface area (Å²) in [6.45, 7) is 0. The zero-order valence-corrected chi connectivity index (χ0v) is 13.1. The van der Waals surface area contributed by atoms with Gasteiger partial charge in [0.2, 0.25) is 5.82 Å². The Balaban J connectivity index is 1.75. The number of benzene rings is 1. The molecule has 0 spiro atoms. The van der Waals surface area contributed by atoms with Gasteiger partial charge in [0.25, 0.3) is 5.69 Å². The first-order valence-corrected chi connectivity index (χ1v) is 7.28. The minimum atomic E-state index is -0.571. The number of nitrogens with one attached hydrogen (secondary N) is 1. The number of non-ortho nitro benzene ring substituents is 1. The Kier molecular flexibility index (Phi) is 4.65. The highest BCUT2D eigenvalue weighted by Gasteiger charge is 2.13. The van der Waals surface area contributed by atoms with Gasteiger partial charge in [0.15, 0.2) is 0 Å². The first-order valence-electron chi connectivity index (χ1n) is 7.28. The predicted octanol–water partition coefficient (Wildman–Crippen LogP) is 3.60. The lowest BCUT2D eigenvalue weighted by molar-refractivity contribution is -0.384. The largest absolute Gasteiger partial charge is 0.455 e. The predicted molar refractivity (Wildman–Crippen MR) is 92.9 cm³/mol. The highest BCUT2D eigenvalue weighted by Crippen LogP contribution is 2.25. The van der Waals surface area contributed by atoms with Crippen molar-refractivity contribution in [2.24, 2.45) is 5.10 Å². The monoisotopic (exact) mass is 353 g/mol. The summed E-state index contributed by atoms with van der Waals surface area (Å²) in [6, 6.07) is 12.0. The van der Waals surface area contributed by atoms with Crippen LogP contribution >= 0.6 is 0 Å². The van der Waals surface area contributed by atoms with Gasteiger partial charge in [0, 0.05) is 30.0 Å². The second-order valence-corrected chi connectivity index (χ2v) is 5.01. The van der Waals surface area contributed by atoms with E-state index in [9.17, 15) is 20.2 Å². The minimum Gasteiger partial charge on any atom is -0.455 e. The maximum Gasteiger partial charge on any atom is 0.313 e. The van der Waals surface area contributed by atoms with Crippen LogP contribution in [0.4, 0.5) is 17.2 Å². The Morgan fingerprint density at radius 3 is 2.69 bits per heavy atom. The fourth-order valence-electron chi connectivity index (χ4n) is 2.14. The summed E-state index contributed by atoms with van der Waals surface area (Å²) >= 11 is 0. The van der Waals surface area contributed by atoms with E-state index in [1.807, 2.05) is 0 Å². The molecule has 3 rings (SSSR count). The SMILES string of the molecule is O=[N+]([O-])c1cccc(-c2ccc(C=NNc3ncccc3[N+](=O)[O-])o2)c1. The Bertz CT molecular complexity index is 998. The number of anilines is 1. The number of pyridine rings is 1. The molecule has 0 saturated heterocycles. The van der Waals surface area contributed by atoms with E-state index in [0.717, 1.165) is 0 Å². The summed E-state index contributed by atoms with van der Waals surface area (Å²) in [5, 5.41) is 25.6. The van der Waals surface area contributed by atoms with Crippen LogP contribution in [0.2, 0.25) is 0 Å².